The Morgan fingerprint density at radius 1 is 0.719 bits per heavy atom. The van der Waals surface area contributed by atoms with E-state index in [2.05, 4.69) is 50.3 Å². The van der Waals surface area contributed by atoms with Crippen LogP contribution in [0.5, 0.6) is 0 Å². The molecule has 0 saturated carbocycles. The summed E-state index contributed by atoms with van der Waals surface area (Å²) >= 11 is 0. The zero-order valence-electron chi connectivity index (χ0n) is 20.3. The monoisotopic (exact) mass is 430 g/mol. The van der Waals surface area contributed by atoms with Crippen LogP contribution in [0.3, 0.4) is 0 Å². The standard InChI is InChI=1S/C30H42N2/c1-3-5-7-8-9-10-11-12-13-15-19-27-20-18-24-29(25-27)31-26-30(21-6-4-2)32-28-22-16-14-17-23-28/h14-20,22-26H,3-13,21H2,1-2H3. The average molecular weight is 431 g/mol. The molecule has 2 heteroatoms. The van der Waals surface area contributed by atoms with E-state index in [0.29, 0.717) is 0 Å². The van der Waals surface area contributed by atoms with E-state index in [-0.39, 0.29) is 0 Å². The first-order valence-electron chi connectivity index (χ1n) is 12.7. The molecule has 2 aromatic rings. The number of nitrogens with zero attached hydrogens (tertiary/aromatic N) is 2. The Kier molecular flexibility index (Phi) is 13.8. The quantitative estimate of drug-likeness (QED) is 0.187. The highest BCUT2D eigenvalue weighted by Crippen LogP contribution is 2.17. The summed E-state index contributed by atoms with van der Waals surface area (Å²) in [6.45, 7) is 4.49. The average Bonchev–Trinajstić information content (AvgIpc) is 2.83. The van der Waals surface area contributed by atoms with Gasteiger partial charge in [-0.2, -0.15) is 0 Å². The molecule has 0 unspecified atom stereocenters. The van der Waals surface area contributed by atoms with Crippen LogP contribution in [0.2, 0.25) is 0 Å². The van der Waals surface area contributed by atoms with Crippen LogP contribution in [-0.2, 0) is 0 Å². The topological polar surface area (TPSA) is 24.7 Å². The molecule has 0 aliphatic rings. The lowest BCUT2D eigenvalue weighted by molar-refractivity contribution is 0.578. The van der Waals surface area contributed by atoms with Crippen molar-refractivity contribution in [1.29, 1.82) is 0 Å². The highest BCUT2D eigenvalue weighted by Gasteiger charge is 1.98. The van der Waals surface area contributed by atoms with Crippen LogP contribution in [-0.4, -0.2) is 11.9 Å². The van der Waals surface area contributed by atoms with E-state index in [1.165, 1.54) is 56.9 Å². The largest absolute Gasteiger partial charge is 0.255 e. The van der Waals surface area contributed by atoms with Crippen molar-refractivity contribution < 1.29 is 0 Å². The fourth-order valence-corrected chi connectivity index (χ4v) is 3.65. The molecule has 0 N–H and O–H groups in total. The van der Waals surface area contributed by atoms with E-state index in [9.17, 15) is 0 Å². The zero-order chi connectivity index (χ0) is 22.7. The summed E-state index contributed by atoms with van der Waals surface area (Å²) in [7, 11) is 0. The van der Waals surface area contributed by atoms with Gasteiger partial charge in [0, 0.05) is 6.21 Å². The predicted octanol–water partition coefficient (Wildman–Crippen LogP) is 9.90. The number of para-hydroxylation sites is 1. The van der Waals surface area contributed by atoms with E-state index in [1.807, 2.05) is 36.5 Å². The number of benzene rings is 2. The van der Waals surface area contributed by atoms with Crippen molar-refractivity contribution in [3.8, 4) is 0 Å². The molecule has 0 spiro atoms. The van der Waals surface area contributed by atoms with E-state index in [4.69, 9.17) is 9.98 Å². The van der Waals surface area contributed by atoms with Crippen molar-refractivity contribution in [2.45, 2.75) is 90.9 Å². The molecule has 0 aliphatic carbocycles. The van der Waals surface area contributed by atoms with Crippen LogP contribution in [0.25, 0.3) is 6.08 Å². The second kappa shape index (κ2) is 17.1. The number of rotatable bonds is 16. The van der Waals surface area contributed by atoms with Gasteiger partial charge in [-0.05, 0) is 55.5 Å². The van der Waals surface area contributed by atoms with Gasteiger partial charge < -0.3 is 0 Å². The lowest BCUT2D eigenvalue weighted by atomic mass is 10.1. The summed E-state index contributed by atoms with van der Waals surface area (Å²) in [4.78, 5) is 9.52. The van der Waals surface area contributed by atoms with Crippen LogP contribution in [0.1, 0.15) is 96.5 Å². The highest BCUT2D eigenvalue weighted by atomic mass is 14.8. The van der Waals surface area contributed by atoms with Crippen molar-refractivity contribution in [3.05, 3.63) is 66.2 Å². The van der Waals surface area contributed by atoms with E-state index < -0.39 is 0 Å². The predicted molar refractivity (Wildman–Crippen MR) is 144 cm³/mol. The van der Waals surface area contributed by atoms with Crippen molar-refractivity contribution in [2.24, 2.45) is 9.98 Å². The zero-order valence-corrected chi connectivity index (χ0v) is 20.3. The van der Waals surface area contributed by atoms with Crippen molar-refractivity contribution in [2.75, 3.05) is 0 Å². The number of allylic oxidation sites excluding steroid dienone is 1. The van der Waals surface area contributed by atoms with Crippen LogP contribution in [0.4, 0.5) is 11.4 Å². The van der Waals surface area contributed by atoms with Crippen LogP contribution < -0.4 is 0 Å². The molecule has 172 valence electrons. The van der Waals surface area contributed by atoms with Gasteiger partial charge in [0.2, 0.25) is 0 Å². The molecule has 2 aromatic carbocycles. The maximum atomic E-state index is 4.79. The first-order chi connectivity index (χ1) is 15.8. The number of hydrogen-bond acceptors (Lipinski definition) is 2. The molecule has 0 saturated heterocycles. The minimum absolute atomic E-state index is 0.951. The van der Waals surface area contributed by atoms with Gasteiger partial charge >= 0.3 is 0 Å². The van der Waals surface area contributed by atoms with Gasteiger partial charge in [-0.1, -0.05) is 108 Å². The van der Waals surface area contributed by atoms with Gasteiger partial charge in [0.1, 0.15) is 0 Å². The Morgan fingerprint density at radius 3 is 2.16 bits per heavy atom. The third-order valence-electron chi connectivity index (χ3n) is 5.58. The third-order valence-corrected chi connectivity index (χ3v) is 5.58. The fraction of sp³-hybridized carbons (Fsp3) is 0.467. The van der Waals surface area contributed by atoms with Gasteiger partial charge in [0.05, 0.1) is 17.1 Å². The molecule has 32 heavy (non-hydrogen) atoms. The Balaban J connectivity index is 1.83. The second-order valence-corrected chi connectivity index (χ2v) is 8.56. The Morgan fingerprint density at radius 2 is 1.41 bits per heavy atom. The highest BCUT2D eigenvalue weighted by molar-refractivity contribution is 6.31. The van der Waals surface area contributed by atoms with Crippen molar-refractivity contribution in [3.63, 3.8) is 0 Å². The van der Waals surface area contributed by atoms with Crippen LogP contribution in [0.15, 0.2) is 70.7 Å². The van der Waals surface area contributed by atoms with Gasteiger partial charge in [0.15, 0.2) is 0 Å². The van der Waals surface area contributed by atoms with Gasteiger partial charge in [-0.3, -0.25) is 9.98 Å². The number of aliphatic imine (C=N–C) groups is 2. The van der Waals surface area contributed by atoms with E-state index in [1.54, 1.807) is 0 Å². The number of hydrogen-bond donors (Lipinski definition) is 0. The molecule has 0 radical (unpaired) electrons. The molecule has 0 fully saturated rings. The van der Waals surface area contributed by atoms with E-state index in [0.717, 1.165) is 42.8 Å². The minimum Gasteiger partial charge on any atom is -0.255 e. The van der Waals surface area contributed by atoms with Gasteiger partial charge in [-0.25, -0.2) is 0 Å². The van der Waals surface area contributed by atoms with Crippen molar-refractivity contribution in [1.82, 2.24) is 0 Å². The number of unbranched alkanes of at least 4 members (excludes halogenated alkanes) is 9. The van der Waals surface area contributed by atoms with Crippen molar-refractivity contribution >= 4 is 29.4 Å². The first kappa shape index (κ1) is 25.8. The molecule has 0 aromatic heterocycles. The molecule has 2 rings (SSSR count). The summed E-state index contributed by atoms with van der Waals surface area (Å²) < 4.78 is 0. The Labute approximate surface area is 196 Å². The van der Waals surface area contributed by atoms with Gasteiger partial charge in [-0.15, -0.1) is 0 Å². The second-order valence-electron chi connectivity index (χ2n) is 8.56. The molecule has 0 heterocycles. The van der Waals surface area contributed by atoms with E-state index >= 15 is 0 Å². The van der Waals surface area contributed by atoms with Crippen LogP contribution >= 0.6 is 0 Å². The molecular weight excluding hydrogens is 388 g/mol. The molecule has 0 atom stereocenters. The SMILES string of the molecule is CCCCCCCCCCC=Cc1cccc(N=CC(CCCC)=Nc2ccccc2)c1. The lowest BCUT2D eigenvalue weighted by Crippen LogP contribution is -1.99. The summed E-state index contributed by atoms with van der Waals surface area (Å²) in [5.41, 5.74) is 4.22. The molecule has 0 amide bonds. The molecule has 0 bridgehead atoms. The summed E-state index contributed by atoms with van der Waals surface area (Å²) in [5.74, 6) is 0. The maximum Gasteiger partial charge on any atom is 0.0636 e. The van der Waals surface area contributed by atoms with Crippen LogP contribution in [0, 0.1) is 0 Å². The summed E-state index contributed by atoms with van der Waals surface area (Å²) in [6.07, 6.45) is 21.8. The summed E-state index contributed by atoms with van der Waals surface area (Å²) in [5, 5.41) is 0. The normalized spacial score (nSPS) is 12.2. The third kappa shape index (κ3) is 11.8. The molecule has 2 nitrogen and oxygen atoms in total. The fourth-order valence-electron chi connectivity index (χ4n) is 3.65. The molecular formula is C30H42N2. The first-order valence-corrected chi connectivity index (χ1v) is 12.7. The molecule has 0 aliphatic heterocycles. The minimum atomic E-state index is 0.951. The Bertz CT molecular complexity index is 818. The lowest BCUT2D eigenvalue weighted by Gasteiger charge is -2.02. The Hall–Kier alpha value is -2.48. The van der Waals surface area contributed by atoms with Gasteiger partial charge in [0.25, 0.3) is 0 Å². The summed E-state index contributed by atoms with van der Waals surface area (Å²) in [6, 6.07) is 18.6. The smallest absolute Gasteiger partial charge is 0.0636 e. The maximum absolute atomic E-state index is 4.79.